The Morgan fingerprint density at radius 2 is 2.07 bits per heavy atom. The van der Waals surface area contributed by atoms with Gasteiger partial charge in [0.1, 0.15) is 0 Å². The Labute approximate surface area is 93.8 Å². The minimum atomic E-state index is 0.0811. The molecule has 1 heterocycles. The van der Waals surface area contributed by atoms with Gasteiger partial charge >= 0.3 is 0 Å². The van der Waals surface area contributed by atoms with Crippen molar-refractivity contribution in [2.24, 2.45) is 5.92 Å². The Morgan fingerprint density at radius 3 is 2.60 bits per heavy atom. The molecule has 0 radical (unpaired) electrons. The summed E-state index contributed by atoms with van der Waals surface area (Å²) in [6.45, 7) is 7.64. The molecule has 2 unspecified atom stereocenters. The minimum Gasteiger partial charge on any atom is -0.375 e. The van der Waals surface area contributed by atoms with Crippen LogP contribution in [0.5, 0.6) is 0 Å². The Hall–Kier alpha value is -0.0800. The summed E-state index contributed by atoms with van der Waals surface area (Å²) in [6, 6.07) is 1.45. The molecule has 88 valence electrons. The van der Waals surface area contributed by atoms with E-state index in [-0.39, 0.29) is 5.60 Å². The standard InChI is InChI=1S/C13H25NO/c1-4-12(10-5-6-10)14-11-7-8-15-13(2,3)9-11/h10-12,14H,4-9H2,1-3H3. The van der Waals surface area contributed by atoms with Gasteiger partial charge in [0.15, 0.2) is 0 Å². The van der Waals surface area contributed by atoms with Crippen LogP contribution in [0.3, 0.4) is 0 Å². The molecule has 0 aromatic rings. The van der Waals surface area contributed by atoms with Gasteiger partial charge in [-0.25, -0.2) is 0 Å². The van der Waals surface area contributed by atoms with E-state index >= 15 is 0 Å². The number of rotatable bonds is 4. The summed E-state index contributed by atoms with van der Waals surface area (Å²) < 4.78 is 5.75. The molecule has 1 aliphatic carbocycles. The Balaban J connectivity index is 1.82. The molecule has 2 atom stereocenters. The smallest absolute Gasteiger partial charge is 0.0641 e. The van der Waals surface area contributed by atoms with Crippen LogP contribution in [-0.4, -0.2) is 24.3 Å². The predicted octanol–water partition coefficient (Wildman–Crippen LogP) is 2.72. The van der Waals surface area contributed by atoms with Gasteiger partial charge in [-0.2, -0.15) is 0 Å². The van der Waals surface area contributed by atoms with Crippen LogP contribution in [0.4, 0.5) is 0 Å². The van der Waals surface area contributed by atoms with Crippen molar-refractivity contribution in [2.75, 3.05) is 6.61 Å². The van der Waals surface area contributed by atoms with E-state index in [9.17, 15) is 0 Å². The number of hydrogen-bond acceptors (Lipinski definition) is 2. The van der Waals surface area contributed by atoms with Gasteiger partial charge in [-0.3, -0.25) is 0 Å². The third kappa shape index (κ3) is 3.18. The zero-order chi connectivity index (χ0) is 10.9. The second-order valence-corrected chi connectivity index (χ2v) is 5.82. The van der Waals surface area contributed by atoms with Crippen molar-refractivity contribution in [3.8, 4) is 0 Å². The topological polar surface area (TPSA) is 21.3 Å². The van der Waals surface area contributed by atoms with Crippen molar-refractivity contribution in [2.45, 2.75) is 70.6 Å². The number of ether oxygens (including phenoxy) is 1. The molecule has 0 amide bonds. The average Bonchev–Trinajstić information content (AvgIpc) is 2.96. The highest BCUT2D eigenvalue weighted by molar-refractivity contribution is 4.90. The van der Waals surface area contributed by atoms with E-state index in [2.05, 4.69) is 26.1 Å². The first kappa shape index (κ1) is 11.4. The van der Waals surface area contributed by atoms with Crippen molar-refractivity contribution in [1.82, 2.24) is 5.32 Å². The second-order valence-electron chi connectivity index (χ2n) is 5.82. The number of hydrogen-bond donors (Lipinski definition) is 1. The SMILES string of the molecule is CCC(NC1CCOC(C)(C)C1)C1CC1. The normalized spacial score (nSPS) is 32.6. The molecule has 2 nitrogen and oxygen atoms in total. The van der Waals surface area contributed by atoms with Gasteiger partial charge in [0, 0.05) is 18.7 Å². The van der Waals surface area contributed by atoms with E-state index in [4.69, 9.17) is 4.74 Å². The fraction of sp³-hybridized carbons (Fsp3) is 1.00. The molecule has 0 aromatic carbocycles. The van der Waals surface area contributed by atoms with Crippen LogP contribution in [0.2, 0.25) is 0 Å². The van der Waals surface area contributed by atoms with Crippen molar-refractivity contribution < 1.29 is 4.74 Å². The monoisotopic (exact) mass is 211 g/mol. The molecule has 0 aromatic heterocycles. The Kier molecular flexibility index (Phi) is 3.36. The molecule has 1 aliphatic heterocycles. The minimum absolute atomic E-state index is 0.0811. The first-order chi connectivity index (χ1) is 7.11. The molecule has 15 heavy (non-hydrogen) atoms. The summed E-state index contributed by atoms with van der Waals surface area (Å²) in [5, 5.41) is 3.84. The van der Waals surface area contributed by atoms with E-state index in [1.165, 1.54) is 25.7 Å². The summed E-state index contributed by atoms with van der Waals surface area (Å²) in [5.41, 5.74) is 0.0811. The van der Waals surface area contributed by atoms with Gasteiger partial charge in [0.05, 0.1) is 5.60 Å². The van der Waals surface area contributed by atoms with Crippen LogP contribution in [0, 0.1) is 5.92 Å². The van der Waals surface area contributed by atoms with Crippen LogP contribution in [0.1, 0.15) is 52.9 Å². The van der Waals surface area contributed by atoms with Crippen molar-refractivity contribution in [1.29, 1.82) is 0 Å². The second kappa shape index (κ2) is 4.42. The zero-order valence-electron chi connectivity index (χ0n) is 10.4. The van der Waals surface area contributed by atoms with Gasteiger partial charge in [-0.05, 0) is 51.9 Å². The van der Waals surface area contributed by atoms with E-state index in [0.29, 0.717) is 6.04 Å². The lowest BCUT2D eigenvalue weighted by Gasteiger charge is -2.37. The fourth-order valence-corrected chi connectivity index (χ4v) is 2.76. The van der Waals surface area contributed by atoms with E-state index in [1.807, 2.05) is 0 Å². The third-order valence-electron chi connectivity index (χ3n) is 3.78. The summed E-state index contributed by atoms with van der Waals surface area (Å²) in [5.74, 6) is 0.973. The van der Waals surface area contributed by atoms with Gasteiger partial charge < -0.3 is 10.1 Å². The lowest BCUT2D eigenvalue weighted by molar-refractivity contribution is -0.0645. The lowest BCUT2D eigenvalue weighted by atomic mass is 9.93. The lowest BCUT2D eigenvalue weighted by Crippen LogP contribution is -2.47. The van der Waals surface area contributed by atoms with Crippen LogP contribution >= 0.6 is 0 Å². The maximum Gasteiger partial charge on any atom is 0.0641 e. The quantitative estimate of drug-likeness (QED) is 0.772. The first-order valence-electron chi connectivity index (χ1n) is 6.51. The fourth-order valence-electron chi connectivity index (χ4n) is 2.76. The van der Waals surface area contributed by atoms with Crippen LogP contribution in [0.25, 0.3) is 0 Å². The highest BCUT2D eigenvalue weighted by Gasteiger charge is 2.34. The van der Waals surface area contributed by atoms with Crippen molar-refractivity contribution >= 4 is 0 Å². The largest absolute Gasteiger partial charge is 0.375 e. The molecule has 1 N–H and O–H groups in total. The number of nitrogens with one attached hydrogen (secondary N) is 1. The maximum absolute atomic E-state index is 5.75. The summed E-state index contributed by atoms with van der Waals surface area (Å²) >= 11 is 0. The van der Waals surface area contributed by atoms with E-state index in [0.717, 1.165) is 25.0 Å². The molecule has 2 heteroatoms. The van der Waals surface area contributed by atoms with Gasteiger partial charge in [-0.1, -0.05) is 6.92 Å². The van der Waals surface area contributed by atoms with Gasteiger partial charge in [-0.15, -0.1) is 0 Å². The molecule has 0 bridgehead atoms. The molecule has 2 rings (SSSR count). The molecule has 1 saturated carbocycles. The first-order valence-corrected chi connectivity index (χ1v) is 6.51. The van der Waals surface area contributed by atoms with E-state index < -0.39 is 0 Å². The molecule has 2 aliphatic rings. The summed E-state index contributed by atoms with van der Waals surface area (Å²) in [7, 11) is 0. The molecule has 1 saturated heterocycles. The Bertz CT molecular complexity index is 211. The predicted molar refractivity (Wildman–Crippen MR) is 63.0 cm³/mol. The van der Waals surface area contributed by atoms with Crippen LogP contribution in [0.15, 0.2) is 0 Å². The van der Waals surface area contributed by atoms with Crippen molar-refractivity contribution in [3.05, 3.63) is 0 Å². The summed E-state index contributed by atoms with van der Waals surface area (Å²) in [4.78, 5) is 0. The third-order valence-corrected chi connectivity index (χ3v) is 3.78. The zero-order valence-corrected chi connectivity index (χ0v) is 10.4. The molecule has 0 spiro atoms. The van der Waals surface area contributed by atoms with E-state index in [1.54, 1.807) is 0 Å². The van der Waals surface area contributed by atoms with Crippen LogP contribution < -0.4 is 5.32 Å². The Morgan fingerprint density at radius 1 is 1.33 bits per heavy atom. The summed E-state index contributed by atoms with van der Waals surface area (Å²) in [6.07, 6.45) is 6.52. The van der Waals surface area contributed by atoms with Gasteiger partial charge in [0.25, 0.3) is 0 Å². The highest BCUT2D eigenvalue weighted by atomic mass is 16.5. The average molecular weight is 211 g/mol. The molecular weight excluding hydrogens is 186 g/mol. The maximum atomic E-state index is 5.75. The highest BCUT2D eigenvalue weighted by Crippen LogP contribution is 2.35. The molecular formula is C13H25NO. The van der Waals surface area contributed by atoms with Gasteiger partial charge in [0.2, 0.25) is 0 Å². The van der Waals surface area contributed by atoms with Crippen molar-refractivity contribution in [3.63, 3.8) is 0 Å². The molecule has 2 fully saturated rings. The van der Waals surface area contributed by atoms with Crippen LogP contribution in [-0.2, 0) is 4.74 Å².